The molecule has 0 aromatic heterocycles. The standard InChI is InChI=1S/C15H19NO5/c17-13(18)9-15(20)7-4-8-16(11-15)14(19)21-10-12-5-2-1-3-6-12/h1-3,5-6,20H,4,7-11H2,(H,17,18). The van der Waals surface area contributed by atoms with Crippen LogP contribution in [0.2, 0.25) is 0 Å². The number of carboxylic acid groups (broad SMARTS) is 1. The summed E-state index contributed by atoms with van der Waals surface area (Å²) in [4.78, 5) is 24.1. The zero-order chi connectivity index (χ0) is 15.3. The molecule has 1 saturated heterocycles. The second kappa shape index (κ2) is 6.58. The molecular formula is C15H19NO5. The van der Waals surface area contributed by atoms with E-state index in [1.54, 1.807) is 0 Å². The topological polar surface area (TPSA) is 87.1 Å². The third-order valence-corrected chi connectivity index (χ3v) is 3.50. The maximum absolute atomic E-state index is 12.0. The molecule has 0 bridgehead atoms. The molecule has 21 heavy (non-hydrogen) atoms. The van der Waals surface area contributed by atoms with Gasteiger partial charge in [-0.05, 0) is 18.4 Å². The van der Waals surface area contributed by atoms with E-state index in [4.69, 9.17) is 9.84 Å². The van der Waals surface area contributed by atoms with Crippen LogP contribution in [0.1, 0.15) is 24.8 Å². The lowest BCUT2D eigenvalue weighted by Crippen LogP contribution is -2.51. The molecule has 2 N–H and O–H groups in total. The Kier molecular flexibility index (Phi) is 4.80. The summed E-state index contributed by atoms with van der Waals surface area (Å²) >= 11 is 0. The van der Waals surface area contributed by atoms with Crippen LogP contribution in [0, 0.1) is 0 Å². The monoisotopic (exact) mass is 293 g/mol. The van der Waals surface area contributed by atoms with Crippen LogP contribution < -0.4 is 0 Å². The number of amides is 1. The summed E-state index contributed by atoms with van der Waals surface area (Å²) in [5, 5.41) is 19.0. The van der Waals surface area contributed by atoms with Gasteiger partial charge in [-0.25, -0.2) is 4.79 Å². The lowest BCUT2D eigenvalue weighted by molar-refractivity contribution is -0.144. The van der Waals surface area contributed by atoms with Crippen molar-refractivity contribution in [2.75, 3.05) is 13.1 Å². The Labute approximate surface area is 122 Å². The third-order valence-electron chi connectivity index (χ3n) is 3.50. The molecule has 0 spiro atoms. The Hall–Kier alpha value is -2.08. The molecule has 114 valence electrons. The zero-order valence-electron chi connectivity index (χ0n) is 11.7. The van der Waals surface area contributed by atoms with E-state index >= 15 is 0 Å². The maximum Gasteiger partial charge on any atom is 0.410 e. The third kappa shape index (κ3) is 4.46. The number of carboxylic acids is 1. The SMILES string of the molecule is O=C(O)CC1(O)CCCN(C(=O)OCc2ccccc2)C1. The first kappa shape index (κ1) is 15.3. The van der Waals surface area contributed by atoms with Gasteiger partial charge in [0.15, 0.2) is 0 Å². The first-order chi connectivity index (χ1) is 9.98. The zero-order valence-corrected chi connectivity index (χ0v) is 11.7. The fraction of sp³-hybridized carbons (Fsp3) is 0.467. The van der Waals surface area contributed by atoms with Crippen molar-refractivity contribution in [2.24, 2.45) is 0 Å². The van der Waals surface area contributed by atoms with Crippen LogP contribution in [0.15, 0.2) is 30.3 Å². The molecule has 2 rings (SSSR count). The summed E-state index contributed by atoms with van der Waals surface area (Å²) in [5.74, 6) is -1.07. The second-order valence-electron chi connectivity index (χ2n) is 5.36. The van der Waals surface area contributed by atoms with Crippen molar-refractivity contribution < 1.29 is 24.5 Å². The minimum Gasteiger partial charge on any atom is -0.481 e. The number of carbonyl (C=O) groups is 2. The minimum absolute atomic E-state index is 0.00702. The fourth-order valence-corrected chi connectivity index (χ4v) is 2.50. The Morgan fingerprint density at radius 1 is 1.29 bits per heavy atom. The van der Waals surface area contributed by atoms with E-state index in [0.29, 0.717) is 19.4 Å². The summed E-state index contributed by atoms with van der Waals surface area (Å²) < 4.78 is 5.19. The molecular weight excluding hydrogens is 274 g/mol. The molecule has 1 heterocycles. The Bertz CT molecular complexity index is 504. The van der Waals surface area contributed by atoms with Crippen LogP contribution in [0.4, 0.5) is 4.79 Å². The van der Waals surface area contributed by atoms with Crippen molar-refractivity contribution in [1.29, 1.82) is 0 Å². The van der Waals surface area contributed by atoms with E-state index < -0.39 is 17.7 Å². The molecule has 1 unspecified atom stereocenters. The van der Waals surface area contributed by atoms with Crippen LogP contribution in [-0.2, 0) is 16.1 Å². The number of piperidine rings is 1. The highest BCUT2D eigenvalue weighted by atomic mass is 16.6. The fourth-order valence-electron chi connectivity index (χ4n) is 2.50. The molecule has 0 saturated carbocycles. The van der Waals surface area contributed by atoms with Crippen molar-refractivity contribution in [3.8, 4) is 0 Å². The number of rotatable bonds is 4. The van der Waals surface area contributed by atoms with Crippen molar-refractivity contribution in [1.82, 2.24) is 4.90 Å². The van der Waals surface area contributed by atoms with Crippen molar-refractivity contribution in [2.45, 2.75) is 31.5 Å². The summed E-state index contributed by atoms with van der Waals surface area (Å²) in [6.07, 6.45) is 0.0453. The minimum atomic E-state index is -1.37. The predicted molar refractivity (Wildman–Crippen MR) is 74.6 cm³/mol. The normalized spacial score (nSPS) is 21.9. The number of carbonyl (C=O) groups excluding carboxylic acids is 1. The molecule has 1 fully saturated rings. The quantitative estimate of drug-likeness (QED) is 0.881. The number of hydrogen-bond acceptors (Lipinski definition) is 4. The molecule has 0 aliphatic carbocycles. The summed E-state index contributed by atoms with van der Waals surface area (Å²) in [5.41, 5.74) is -0.487. The molecule has 6 nitrogen and oxygen atoms in total. The van der Waals surface area contributed by atoms with Crippen LogP contribution in [0.3, 0.4) is 0 Å². The van der Waals surface area contributed by atoms with Gasteiger partial charge in [0.25, 0.3) is 0 Å². The number of ether oxygens (including phenoxy) is 1. The van der Waals surface area contributed by atoms with E-state index in [-0.39, 0.29) is 19.6 Å². The van der Waals surface area contributed by atoms with Crippen molar-refractivity contribution >= 4 is 12.1 Å². The van der Waals surface area contributed by atoms with Crippen LogP contribution >= 0.6 is 0 Å². The summed E-state index contributed by atoms with van der Waals surface area (Å²) in [7, 11) is 0. The van der Waals surface area contributed by atoms with Gasteiger partial charge in [0.1, 0.15) is 6.61 Å². The molecule has 1 amide bonds. The van der Waals surface area contributed by atoms with Gasteiger partial charge in [-0.1, -0.05) is 30.3 Å². The van der Waals surface area contributed by atoms with Gasteiger partial charge in [0.2, 0.25) is 0 Å². The average Bonchev–Trinajstić information content (AvgIpc) is 2.44. The van der Waals surface area contributed by atoms with E-state index in [1.165, 1.54) is 4.90 Å². The predicted octanol–water partition coefficient (Wildman–Crippen LogP) is 1.62. The Morgan fingerprint density at radius 3 is 2.67 bits per heavy atom. The average molecular weight is 293 g/mol. The van der Waals surface area contributed by atoms with E-state index in [1.807, 2.05) is 30.3 Å². The van der Waals surface area contributed by atoms with Crippen LogP contribution in [-0.4, -0.2) is 45.9 Å². The molecule has 1 atom stereocenters. The molecule has 1 aromatic rings. The Balaban J connectivity index is 1.88. The highest BCUT2D eigenvalue weighted by Crippen LogP contribution is 2.25. The van der Waals surface area contributed by atoms with E-state index in [0.717, 1.165) is 5.56 Å². The van der Waals surface area contributed by atoms with Gasteiger partial charge in [0, 0.05) is 6.54 Å². The lowest BCUT2D eigenvalue weighted by atomic mass is 9.90. The van der Waals surface area contributed by atoms with Crippen LogP contribution in [0.5, 0.6) is 0 Å². The second-order valence-corrected chi connectivity index (χ2v) is 5.36. The number of aliphatic hydroxyl groups is 1. The first-order valence-corrected chi connectivity index (χ1v) is 6.88. The van der Waals surface area contributed by atoms with Crippen LogP contribution in [0.25, 0.3) is 0 Å². The van der Waals surface area contributed by atoms with Gasteiger partial charge in [-0.15, -0.1) is 0 Å². The smallest absolute Gasteiger partial charge is 0.410 e. The molecule has 1 aliphatic rings. The maximum atomic E-state index is 12.0. The number of likely N-dealkylation sites (tertiary alicyclic amines) is 1. The van der Waals surface area contributed by atoms with E-state index in [9.17, 15) is 14.7 Å². The van der Waals surface area contributed by atoms with Crippen molar-refractivity contribution in [3.05, 3.63) is 35.9 Å². The van der Waals surface area contributed by atoms with Gasteiger partial charge >= 0.3 is 12.1 Å². The Morgan fingerprint density at radius 2 is 2.00 bits per heavy atom. The van der Waals surface area contributed by atoms with E-state index in [2.05, 4.69) is 0 Å². The first-order valence-electron chi connectivity index (χ1n) is 6.88. The van der Waals surface area contributed by atoms with Gasteiger partial charge in [0.05, 0.1) is 18.6 Å². The largest absolute Gasteiger partial charge is 0.481 e. The number of benzene rings is 1. The van der Waals surface area contributed by atoms with Gasteiger partial charge in [-0.3, -0.25) is 4.79 Å². The molecule has 1 aromatic carbocycles. The number of β-amino-alcohol motifs (C(OH)–C–C–N with tert-alkyl or cyclic N) is 1. The molecule has 0 radical (unpaired) electrons. The summed E-state index contributed by atoms with van der Waals surface area (Å²) in [6.45, 7) is 0.621. The summed E-state index contributed by atoms with van der Waals surface area (Å²) in [6, 6.07) is 9.29. The lowest BCUT2D eigenvalue weighted by Gasteiger charge is -2.37. The van der Waals surface area contributed by atoms with Crippen molar-refractivity contribution in [3.63, 3.8) is 0 Å². The molecule has 1 aliphatic heterocycles. The molecule has 6 heteroatoms. The van der Waals surface area contributed by atoms with Gasteiger partial charge in [-0.2, -0.15) is 0 Å². The number of nitrogens with zero attached hydrogens (tertiary/aromatic N) is 1. The van der Waals surface area contributed by atoms with Gasteiger partial charge < -0.3 is 19.8 Å². The highest BCUT2D eigenvalue weighted by Gasteiger charge is 2.37. The number of hydrogen-bond donors (Lipinski definition) is 2. The number of aliphatic carboxylic acids is 1. The highest BCUT2D eigenvalue weighted by molar-refractivity contribution is 5.70.